The van der Waals surface area contributed by atoms with Crippen LogP contribution in [0.1, 0.15) is 23.0 Å². The van der Waals surface area contributed by atoms with Crippen molar-refractivity contribution in [1.29, 1.82) is 0 Å². The van der Waals surface area contributed by atoms with Crippen LogP contribution in [0.2, 0.25) is 0 Å². The molecule has 2 aromatic carbocycles. The predicted molar refractivity (Wildman–Crippen MR) is 83.9 cm³/mol. The molecule has 0 saturated heterocycles. The smallest absolute Gasteiger partial charge is 0.181 e. The summed E-state index contributed by atoms with van der Waals surface area (Å²) in [6.07, 6.45) is 1.69. The number of H-pyrrole nitrogens is 1. The molecule has 0 bridgehead atoms. The van der Waals surface area contributed by atoms with Crippen molar-refractivity contribution in [2.75, 3.05) is 12.8 Å². The summed E-state index contributed by atoms with van der Waals surface area (Å²) in [7, 11) is 1.48. The molecule has 4 heteroatoms. The van der Waals surface area contributed by atoms with E-state index in [1.807, 2.05) is 24.4 Å². The minimum Gasteiger partial charge on any atom is -0.399 e. The van der Waals surface area contributed by atoms with Gasteiger partial charge in [0.15, 0.2) is 6.29 Å². The van der Waals surface area contributed by atoms with Gasteiger partial charge in [0.2, 0.25) is 0 Å². The number of rotatable bonds is 4. The maximum absolute atomic E-state index is 9.97. The molecule has 4 N–H and O–H groups in total. The Hall–Kier alpha value is -2.30. The Morgan fingerprint density at radius 1 is 1.19 bits per heavy atom. The topological polar surface area (TPSA) is 71.3 Å². The van der Waals surface area contributed by atoms with E-state index >= 15 is 0 Å². The summed E-state index contributed by atoms with van der Waals surface area (Å²) in [6.45, 7) is 0. The van der Waals surface area contributed by atoms with Gasteiger partial charge < -0.3 is 20.6 Å². The number of nitrogens with two attached hydrogens (primary N) is 1. The van der Waals surface area contributed by atoms with Crippen LogP contribution in [0, 0.1) is 0 Å². The lowest BCUT2D eigenvalue weighted by Gasteiger charge is -2.15. The molecule has 0 aliphatic rings. The monoisotopic (exact) mass is 282 g/mol. The second-order valence-electron chi connectivity index (χ2n) is 5.12. The Balaban J connectivity index is 1.96. The largest absolute Gasteiger partial charge is 0.399 e. The molecule has 3 rings (SSSR count). The van der Waals surface area contributed by atoms with Crippen LogP contribution in [0.3, 0.4) is 0 Å². The van der Waals surface area contributed by atoms with Crippen molar-refractivity contribution in [2.45, 2.75) is 12.7 Å². The van der Waals surface area contributed by atoms with Gasteiger partial charge in [-0.15, -0.1) is 0 Å². The molecule has 0 saturated carbocycles. The van der Waals surface area contributed by atoms with E-state index in [0.717, 1.165) is 17.5 Å². The number of aliphatic hydroxyl groups excluding tert-OH is 1. The van der Waals surface area contributed by atoms with Gasteiger partial charge in [0.1, 0.15) is 0 Å². The zero-order valence-electron chi connectivity index (χ0n) is 11.8. The van der Waals surface area contributed by atoms with Gasteiger partial charge in [-0.25, -0.2) is 0 Å². The number of ether oxygens (including phenoxy) is 1. The number of anilines is 1. The van der Waals surface area contributed by atoms with Crippen LogP contribution in [0.4, 0.5) is 5.69 Å². The third kappa shape index (κ3) is 2.77. The molecular weight excluding hydrogens is 264 g/mol. The highest BCUT2D eigenvalue weighted by Gasteiger charge is 2.12. The van der Waals surface area contributed by atoms with Crippen LogP contribution in [-0.4, -0.2) is 17.2 Å². The standard InChI is InChI=1S/C17H18N2O2/c1-21-17(20)15-10-14(18)4-3-12(15)8-11-2-5-16-13(9-11)6-7-19-16/h2-7,9-10,17,19-20H,8,18H2,1H3. The zero-order valence-corrected chi connectivity index (χ0v) is 11.8. The first-order valence-electron chi connectivity index (χ1n) is 6.82. The van der Waals surface area contributed by atoms with Gasteiger partial charge >= 0.3 is 0 Å². The van der Waals surface area contributed by atoms with E-state index in [1.54, 1.807) is 6.07 Å². The third-order valence-corrected chi connectivity index (χ3v) is 3.67. The van der Waals surface area contributed by atoms with Crippen LogP contribution >= 0.6 is 0 Å². The fraction of sp³-hybridized carbons (Fsp3) is 0.176. The van der Waals surface area contributed by atoms with Crippen LogP contribution in [0.25, 0.3) is 10.9 Å². The quantitative estimate of drug-likeness (QED) is 0.509. The molecule has 0 aliphatic heterocycles. The van der Waals surface area contributed by atoms with E-state index < -0.39 is 6.29 Å². The highest BCUT2D eigenvalue weighted by atomic mass is 16.6. The minimum atomic E-state index is -0.959. The van der Waals surface area contributed by atoms with E-state index in [2.05, 4.69) is 23.2 Å². The van der Waals surface area contributed by atoms with Crippen molar-refractivity contribution in [2.24, 2.45) is 0 Å². The second kappa shape index (κ2) is 5.60. The molecule has 1 atom stereocenters. The maximum atomic E-state index is 9.97. The van der Waals surface area contributed by atoms with Gasteiger partial charge in [-0.3, -0.25) is 0 Å². The number of methoxy groups -OCH3 is 1. The van der Waals surface area contributed by atoms with Crippen molar-refractivity contribution in [3.05, 3.63) is 65.4 Å². The van der Waals surface area contributed by atoms with Crippen molar-refractivity contribution >= 4 is 16.6 Å². The average Bonchev–Trinajstić information content (AvgIpc) is 2.96. The van der Waals surface area contributed by atoms with Crippen LogP contribution < -0.4 is 5.73 Å². The Bertz CT molecular complexity index is 764. The summed E-state index contributed by atoms with van der Waals surface area (Å²) in [5.41, 5.74) is 10.4. The summed E-state index contributed by atoms with van der Waals surface area (Å²) in [6, 6.07) is 13.9. The number of hydrogen-bond donors (Lipinski definition) is 3. The van der Waals surface area contributed by atoms with Crippen LogP contribution in [0.5, 0.6) is 0 Å². The number of aromatic amines is 1. The molecule has 3 aromatic rings. The van der Waals surface area contributed by atoms with E-state index in [0.29, 0.717) is 11.3 Å². The molecule has 1 aromatic heterocycles. The molecule has 0 radical (unpaired) electrons. The molecule has 0 spiro atoms. The molecule has 21 heavy (non-hydrogen) atoms. The fourth-order valence-electron chi connectivity index (χ4n) is 2.56. The Morgan fingerprint density at radius 3 is 2.86 bits per heavy atom. The van der Waals surface area contributed by atoms with Crippen LogP contribution in [0.15, 0.2) is 48.7 Å². The van der Waals surface area contributed by atoms with Gasteiger partial charge in [0.25, 0.3) is 0 Å². The van der Waals surface area contributed by atoms with Crippen LogP contribution in [-0.2, 0) is 11.2 Å². The predicted octanol–water partition coefficient (Wildman–Crippen LogP) is 2.98. The molecule has 0 amide bonds. The van der Waals surface area contributed by atoms with E-state index in [1.165, 1.54) is 18.1 Å². The molecule has 4 nitrogen and oxygen atoms in total. The average molecular weight is 282 g/mol. The number of nitrogen functional groups attached to an aromatic ring is 1. The molecule has 1 heterocycles. The van der Waals surface area contributed by atoms with Crippen molar-refractivity contribution in [3.8, 4) is 0 Å². The van der Waals surface area contributed by atoms with E-state index in [-0.39, 0.29) is 0 Å². The molecule has 108 valence electrons. The summed E-state index contributed by atoms with van der Waals surface area (Å²) in [5.74, 6) is 0. The molecule has 0 fully saturated rings. The molecular formula is C17H18N2O2. The lowest BCUT2D eigenvalue weighted by molar-refractivity contribution is -0.0773. The Labute approximate surface area is 123 Å². The van der Waals surface area contributed by atoms with Crippen molar-refractivity contribution in [3.63, 3.8) is 0 Å². The van der Waals surface area contributed by atoms with Gasteiger partial charge in [0, 0.05) is 30.1 Å². The fourth-order valence-corrected chi connectivity index (χ4v) is 2.56. The highest BCUT2D eigenvalue weighted by Crippen LogP contribution is 2.25. The number of aromatic nitrogens is 1. The highest BCUT2D eigenvalue weighted by molar-refractivity contribution is 5.80. The summed E-state index contributed by atoms with van der Waals surface area (Å²) < 4.78 is 5.02. The van der Waals surface area contributed by atoms with Gasteiger partial charge in [-0.1, -0.05) is 12.1 Å². The Kier molecular flexibility index (Phi) is 3.64. The number of benzene rings is 2. The van der Waals surface area contributed by atoms with Crippen molar-refractivity contribution in [1.82, 2.24) is 4.98 Å². The maximum Gasteiger partial charge on any atom is 0.181 e. The van der Waals surface area contributed by atoms with E-state index in [4.69, 9.17) is 10.5 Å². The summed E-state index contributed by atoms with van der Waals surface area (Å²) in [5, 5.41) is 11.1. The molecule has 1 unspecified atom stereocenters. The Morgan fingerprint density at radius 2 is 2.05 bits per heavy atom. The normalized spacial score (nSPS) is 12.7. The molecule has 0 aliphatic carbocycles. The lowest BCUT2D eigenvalue weighted by Crippen LogP contribution is -2.05. The van der Waals surface area contributed by atoms with E-state index in [9.17, 15) is 5.11 Å². The summed E-state index contributed by atoms with van der Waals surface area (Å²) >= 11 is 0. The lowest BCUT2D eigenvalue weighted by atomic mass is 9.98. The summed E-state index contributed by atoms with van der Waals surface area (Å²) in [4.78, 5) is 3.18. The number of aliphatic hydroxyl groups is 1. The first-order valence-corrected chi connectivity index (χ1v) is 6.82. The number of nitrogens with one attached hydrogen (secondary N) is 1. The van der Waals surface area contributed by atoms with Gasteiger partial charge in [-0.05, 0) is 53.3 Å². The third-order valence-electron chi connectivity index (χ3n) is 3.67. The van der Waals surface area contributed by atoms with Crippen molar-refractivity contribution < 1.29 is 9.84 Å². The second-order valence-corrected chi connectivity index (χ2v) is 5.12. The number of fused-ring (bicyclic) bond motifs is 1. The first kappa shape index (κ1) is 13.7. The number of hydrogen-bond acceptors (Lipinski definition) is 3. The van der Waals surface area contributed by atoms with Gasteiger partial charge in [0.05, 0.1) is 0 Å². The zero-order chi connectivity index (χ0) is 14.8. The SMILES string of the molecule is COC(O)c1cc(N)ccc1Cc1ccc2[nH]ccc2c1. The minimum absolute atomic E-state index is 0.617. The first-order chi connectivity index (χ1) is 10.2. The van der Waals surface area contributed by atoms with Gasteiger partial charge in [-0.2, -0.15) is 0 Å².